The van der Waals surface area contributed by atoms with Crippen LogP contribution in [-0.4, -0.2) is 16.4 Å². The molecule has 0 bridgehead atoms. The normalized spacial score (nSPS) is 11.2. The molecule has 17 heavy (non-hydrogen) atoms. The summed E-state index contributed by atoms with van der Waals surface area (Å²) < 4.78 is 2.26. The Morgan fingerprint density at radius 3 is 2.76 bits per heavy atom. The summed E-state index contributed by atoms with van der Waals surface area (Å²) in [5.41, 5.74) is 3.75. The standard InChI is InChI=1S/C14H21N3/c1-4-6-14-16-12(9-15-3)13-8-7-11(5-2)10-17(13)14/h7-8,10,15H,4-6,9H2,1-3H3. The maximum Gasteiger partial charge on any atom is 0.113 e. The first kappa shape index (κ1) is 12.1. The lowest BCUT2D eigenvalue weighted by atomic mass is 10.2. The molecule has 0 radical (unpaired) electrons. The maximum atomic E-state index is 4.74. The number of rotatable bonds is 5. The van der Waals surface area contributed by atoms with E-state index in [2.05, 4.69) is 41.9 Å². The van der Waals surface area contributed by atoms with Gasteiger partial charge in [-0.2, -0.15) is 0 Å². The molecule has 2 aromatic rings. The number of imidazole rings is 1. The summed E-state index contributed by atoms with van der Waals surface area (Å²) in [4.78, 5) is 4.74. The van der Waals surface area contributed by atoms with Gasteiger partial charge in [0, 0.05) is 19.2 Å². The van der Waals surface area contributed by atoms with Crippen LogP contribution in [0.25, 0.3) is 5.52 Å². The Morgan fingerprint density at radius 2 is 2.12 bits per heavy atom. The zero-order valence-electron chi connectivity index (χ0n) is 11.0. The van der Waals surface area contributed by atoms with Crippen LogP contribution in [0, 0.1) is 0 Å². The summed E-state index contributed by atoms with van der Waals surface area (Å²) >= 11 is 0. The van der Waals surface area contributed by atoms with E-state index in [1.165, 1.54) is 16.9 Å². The van der Waals surface area contributed by atoms with Gasteiger partial charge in [-0.25, -0.2) is 4.98 Å². The summed E-state index contributed by atoms with van der Waals surface area (Å²) in [7, 11) is 1.96. The molecular formula is C14H21N3. The number of pyridine rings is 1. The molecule has 3 heteroatoms. The van der Waals surface area contributed by atoms with Crippen LogP contribution in [0.1, 0.15) is 37.4 Å². The van der Waals surface area contributed by atoms with Crippen molar-refractivity contribution in [1.82, 2.24) is 14.7 Å². The van der Waals surface area contributed by atoms with E-state index in [0.29, 0.717) is 0 Å². The quantitative estimate of drug-likeness (QED) is 0.857. The van der Waals surface area contributed by atoms with Crippen LogP contribution < -0.4 is 5.32 Å². The van der Waals surface area contributed by atoms with Crippen molar-refractivity contribution in [3.05, 3.63) is 35.4 Å². The number of nitrogens with one attached hydrogen (secondary N) is 1. The molecule has 0 aromatic carbocycles. The van der Waals surface area contributed by atoms with E-state index in [1.54, 1.807) is 0 Å². The molecule has 92 valence electrons. The Labute approximate surface area is 103 Å². The van der Waals surface area contributed by atoms with Gasteiger partial charge in [0.2, 0.25) is 0 Å². The second-order valence-corrected chi connectivity index (χ2v) is 4.40. The Bertz CT molecular complexity index is 499. The van der Waals surface area contributed by atoms with Gasteiger partial charge in [0.25, 0.3) is 0 Å². The lowest BCUT2D eigenvalue weighted by molar-refractivity contribution is 0.784. The number of hydrogen-bond acceptors (Lipinski definition) is 2. The molecule has 0 spiro atoms. The van der Waals surface area contributed by atoms with Crippen molar-refractivity contribution in [3.8, 4) is 0 Å². The van der Waals surface area contributed by atoms with E-state index >= 15 is 0 Å². The molecule has 0 amide bonds. The topological polar surface area (TPSA) is 29.3 Å². The number of fused-ring (bicyclic) bond motifs is 1. The molecule has 2 rings (SSSR count). The fourth-order valence-electron chi connectivity index (χ4n) is 2.17. The summed E-state index contributed by atoms with van der Waals surface area (Å²) in [6, 6.07) is 4.39. The smallest absolute Gasteiger partial charge is 0.113 e. The predicted molar refractivity (Wildman–Crippen MR) is 71.3 cm³/mol. The van der Waals surface area contributed by atoms with Crippen molar-refractivity contribution in [2.24, 2.45) is 0 Å². The zero-order chi connectivity index (χ0) is 12.3. The predicted octanol–water partition coefficient (Wildman–Crippen LogP) is 2.57. The minimum atomic E-state index is 0.832. The van der Waals surface area contributed by atoms with E-state index in [0.717, 1.165) is 31.5 Å². The third-order valence-electron chi connectivity index (χ3n) is 3.07. The summed E-state index contributed by atoms with van der Waals surface area (Å²) in [6.07, 6.45) is 5.47. The lowest BCUT2D eigenvalue weighted by Gasteiger charge is -2.02. The monoisotopic (exact) mass is 231 g/mol. The van der Waals surface area contributed by atoms with E-state index in [4.69, 9.17) is 4.98 Å². The highest BCUT2D eigenvalue weighted by Crippen LogP contribution is 2.16. The van der Waals surface area contributed by atoms with Crippen molar-refractivity contribution >= 4 is 5.52 Å². The second kappa shape index (κ2) is 5.32. The maximum absolute atomic E-state index is 4.74. The first-order valence-corrected chi connectivity index (χ1v) is 6.43. The first-order valence-electron chi connectivity index (χ1n) is 6.43. The molecule has 0 saturated carbocycles. The number of hydrogen-bond donors (Lipinski definition) is 1. The molecule has 2 aromatic heterocycles. The summed E-state index contributed by atoms with van der Waals surface area (Å²) in [6.45, 7) is 5.22. The summed E-state index contributed by atoms with van der Waals surface area (Å²) in [5, 5.41) is 3.18. The molecule has 0 atom stereocenters. The van der Waals surface area contributed by atoms with Crippen molar-refractivity contribution in [2.75, 3.05) is 7.05 Å². The minimum absolute atomic E-state index is 0.832. The molecule has 0 unspecified atom stereocenters. The SMILES string of the molecule is CCCc1nc(CNC)c2ccc(CC)cn12. The van der Waals surface area contributed by atoms with Crippen LogP contribution in [-0.2, 0) is 19.4 Å². The van der Waals surface area contributed by atoms with Gasteiger partial charge in [0.05, 0.1) is 11.2 Å². The van der Waals surface area contributed by atoms with Gasteiger partial charge in [0.15, 0.2) is 0 Å². The van der Waals surface area contributed by atoms with E-state index < -0.39 is 0 Å². The molecule has 0 aliphatic heterocycles. The number of aromatic nitrogens is 2. The third-order valence-corrected chi connectivity index (χ3v) is 3.07. The van der Waals surface area contributed by atoms with Crippen LogP contribution in [0.4, 0.5) is 0 Å². The average molecular weight is 231 g/mol. The molecule has 0 fully saturated rings. The average Bonchev–Trinajstić information content (AvgIpc) is 2.68. The molecular weight excluding hydrogens is 210 g/mol. The van der Waals surface area contributed by atoms with Crippen LogP contribution >= 0.6 is 0 Å². The fraction of sp³-hybridized carbons (Fsp3) is 0.500. The molecule has 0 aliphatic rings. The van der Waals surface area contributed by atoms with Gasteiger partial charge >= 0.3 is 0 Å². The zero-order valence-corrected chi connectivity index (χ0v) is 11.0. The van der Waals surface area contributed by atoms with Gasteiger partial charge in [-0.05, 0) is 31.5 Å². The highest BCUT2D eigenvalue weighted by Gasteiger charge is 2.09. The van der Waals surface area contributed by atoms with Gasteiger partial charge in [-0.15, -0.1) is 0 Å². The molecule has 0 saturated heterocycles. The van der Waals surface area contributed by atoms with Gasteiger partial charge in [-0.1, -0.05) is 19.9 Å². The molecule has 3 nitrogen and oxygen atoms in total. The van der Waals surface area contributed by atoms with Crippen molar-refractivity contribution in [1.29, 1.82) is 0 Å². The molecule has 1 N–H and O–H groups in total. The largest absolute Gasteiger partial charge is 0.314 e. The molecule has 0 aliphatic carbocycles. The summed E-state index contributed by atoms with van der Waals surface area (Å²) in [5.74, 6) is 1.18. The van der Waals surface area contributed by atoms with Crippen LogP contribution in [0.3, 0.4) is 0 Å². The molecule has 2 heterocycles. The third kappa shape index (κ3) is 2.34. The Hall–Kier alpha value is -1.35. The fourth-order valence-corrected chi connectivity index (χ4v) is 2.17. The Balaban J connectivity index is 2.54. The highest BCUT2D eigenvalue weighted by atomic mass is 15.0. The van der Waals surface area contributed by atoms with E-state index in [-0.39, 0.29) is 0 Å². The minimum Gasteiger partial charge on any atom is -0.314 e. The second-order valence-electron chi connectivity index (χ2n) is 4.40. The van der Waals surface area contributed by atoms with Crippen molar-refractivity contribution in [2.45, 2.75) is 39.7 Å². The Kier molecular flexibility index (Phi) is 3.79. The Morgan fingerprint density at radius 1 is 1.29 bits per heavy atom. The van der Waals surface area contributed by atoms with Gasteiger partial charge < -0.3 is 9.72 Å². The van der Waals surface area contributed by atoms with Crippen LogP contribution in [0.5, 0.6) is 0 Å². The van der Waals surface area contributed by atoms with E-state index in [9.17, 15) is 0 Å². The number of aryl methyl sites for hydroxylation is 2. The van der Waals surface area contributed by atoms with Crippen LogP contribution in [0.15, 0.2) is 18.3 Å². The van der Waals surface area contributed by atoms with Gasteiger partial charge in [-0.3, -0.25) is 0 Å². The van der Waals surface area contributed by atoms with E-state index in [1.807, 2.05) is 7.05 Å². The van der Waals surface area contributed by atoms with Gasteiger partial charge in [0.1, 0.15) is 5.82 Å². The van der Waals surface area contributed by atoms with Crippen LogP contribution in [0.2, 0.25) is 0 Å². The first-order chi connectivity index (χ1) is 8.30. The highest BCUT2D eigenvalue weighted by molar-refractivity contribution is 5.54. The lowest BCUT2D eigenvalue weighted by Crippen LogP contribution is -2.05. The van der Waals surface area contributed by atoms with Crippen molar-refractivity contribution in [3.63, 3.8) is 0 Å². The van der Waals surface area contributed by atoms with Crippen molar-refractivity contribution < 1.29 is 0 Å². The number of nitrogens with zero attached hydrogens (tertiary/aromatic N) is 2.